The van der Waals surface area contributed by atoms with Gasteiger partial charge in [0.25, 0.3) is 5.91 Å². The van der Waals surface area contributed by atoms with E-state index in [1.54, 1.807) is 24.3 Å². The Hall–Kier alpha value is -2.33. The van der Waals surface area contributed by atoms with Gasteiger partial charge in [0.05, 0.1) is 0 Å². The van der Waals surface area contributed by atoms with Crippen molar-refractivity contribution in [2.75, 3.05) is 18.4 Å². The zero-order valence-electron chi connectivity index (χ0n) is 14.0. The predicted molar refractivity (Wildman–Crippen MR) is 100.0 cm³/mol. The number of rotatable bonds is 5. The molecule has 0 bridgehead atoms. The van der Waals surface area contributed by atoms with Gasteiger partial charge in [-0.15, -0.1) is 0 Å². The summed E-state index contributed by atoms with van der Waals surface area (Å²) < 4.78 is 0. The highest BCUT2D eigenvalue weighted by atomic mass is 35.5. The molecule has 0 atom stereocenters. The summed E-state index contributed by atoms with van der Waals surface area (Å²) in [7, 11) is 0. The van der Waals surface area contributed by atoms with E-state index in [0.717, 1.165) is 31.5 Å². The summed E-state index contributed by atoms with van der Waals surface area (Å²) in [6.45, 7) is 1.67. The van der Waals surface area contributed by atoms with Gasteiger partial charge in [0.2, 0.25) is 5.91 Å². The van der Waals surface area contributed by atoms with Crippen molar-refractivity contribution in [3.8, 4) is 0 Å². The monoisotopic (exact) mass is 356 g/mol. The van der Waals surface area contributed by atoms with Gasteiger partial charge >= 0.3 is 0 Å². The van der Waals surface area contributed by atoms with Crippen LogP contribution in [0, 0.1) is 0 Å². The smallest absolute Gasteiger partial charge is 0.253 e. The van der Waals surface area contributed by atoms with E-state index in [9.17, 15) is 9.59 Å². The van der Waals surface area contributed by atoms with E-state index in [2.05, 4.69) is 5.32 Å². The SMILES string of the molecule is O=C(CCc1cccc(Cl)c1)Nc1ccc(C(=O)N2CCCC2)cc1. The van der Waals surface area contributed by atoms with Gasteiger partial charge in [0.15, 0.2) is 0 Å². The van der Waals surface area contributed by atoms with Gasteiger partial charge in [0, 0.05) is 35.8 Å². The van der Waals surface area contributed by atoms with E-state index in [1.807, 2.05) is 29.2 Å². The number of likely N-dealkylation sites (tertiary alicyclic amines) is 1. The molecule has 0 aromatic heterocycles. The first-order chi connectivity index (χ1) is 12.1. The molecule has 130 valence electrons. The van der Waals surface area contributed by atoms with Crippen molar-refractivity contribution in [1.29, 1.82) is 0 Å². The Bertz CT molecular complexity index is 753. The maximum atomic E-state index is 12.3. The van der Waals surface area contributed by atoms with Gasteiger partial charge < -0.3 is 10.2 Å². The summed E-state index contributed by atoms with van der Waals surface area (Å²) in [5.41, 5.74) is 2.40. The Morgan fingerprint density at radius 2 is 1.76 bits per heavy atom. The molecule has 2 amide bonds. The molecule has 1 heterocycles. The molecule has 25 heavy (non-hydrogen) atoms. The van der Waals surface area contributed by atoms with Gasteiger partial charge in [-0.3, -0.25) is 9.59 Å². The second-order valence-corrected chi connectivity index (χ2v) is 6.69. The van der Waals surface area contributed by atoms with Crippen LogP contribution in [0.15, 0.2) is 48.5 Å². The van der Waals surface area contributed by atoms with Crippen LogP contribution in [0.4, 0.5) is 5.69 Å². The number of amides is 2. The van der Waals surface area contributed by atoms with Gasteiger partial charge in [-0.05, 0) is 61.2 Å². The van der Waals surface area contributed by atoms with Crippen molar-refractivity contribution in [2.24, 2.45) is 0 Å². The molecule has 0 aliphatic carbocycles. The molecule has 3 rings (SSSR count). The summed E-state index contributed by atoms with van der Waals surface area (Å²) in [5.74, 6) is 0.00919. The zero-order valence-corrected chi connectivity index (χ0v) is 14.8. The number of carbonyl (C=O) groups excluding carboxylic acids is 2. The van der Waals surface area contributed by atoms with E-state index in [4.69, 9.17) is 11.6 Å². The van der Waals surface area contributed by atoms with Crippen molar-refractivity contribution in [1.82, 2.24) is 4.90 Å². The summed E-state index contributed by atoms with van der Waals surface area (Å²) in [6, 6.07) is 14.6. The quantitative estimate of drug-likeness (QED) is 0.875. The molecule has 2 aromatic rings. The first-order valence-electron chi connectivity index (χ1n) is 8.55. The lowest BCUT2D eigenvalue weighted by Crippen LogP contribution is -2.27. The molecule has 1 aliphatic heterocycles. The summed E-state index contributed by atoms with van der Waals surface area (Å²) in [6.07, 6.45) is 3.17. The lowest BCUT2D eigenvalue weighted by Gasteiger charge is -2.15. The molecule has 0 unspecified atom stereocenters. The largest absolute Gasteiger partial charge is 0.339 e. The average molecular weight is 357 g/mol. The molecular formula is C20H21ClN2O2. The van der Waals surface area contributed by atoms with E-state index in [-0.39, 0.29) is 11.8 Å². The molecule has 1 fully saturated rings. The van der Waals surface area contributed by atoms with E-state index < -0.39 is 0 Å². The third kappa shape index (κ3) is 4.83. The number of hydrogen-bond acceptors (Lipinski definition) is 2. The molecule has 1 N–H and O–H groups in total. The van der Waals surface area contributed by atoms with Crippen molar-refractivity contribution < 1.29 is 9.59 Å². The van der Waals surface area contributed by atoms with Crippen LogP contribution >= 0.6 is 11.6 Å². The molecule has 2 aromatic carbocycles. The van der Waals surface area contributed by atoms with Crippen LogP contribution in [0.25, 0.3) is 0 Å². The maximum Gasteiger partial charge on any atom is 0.253 e. The van der Waals surface area contributed by atoms with Crippen LogP contribution in [0.5, 0.6) is 0 Å². The number of nitrogens with one attached hydrogen (secondary N) is 1. The Morgan fingerprint density at radius 3 is 2.44 bits per heavy atom. The molecule has 0 saturated carbocycles. The van der Waals surface area contributed by atoms with Gasteiger partial charge in [0.1, 0.15) is 0 Å². The van der Waals surface area contributed by atoms with Crippen LogP contribution in [0.3, 0.4) is 0 Å². The number of carbonyl (C=O) groups is 2. The number of anilines is 1. The van der Waals surface area contributed by atoms with Crippen molar-refractivity contribution in [3.63, 3.8) is 0 Å². The normalized spacial score (nSPS) is 13.7. The molecular weight excluding hydrogens is 336 g/mol. The van der Waals surface area contributed by atoms with Crippen molar-refractivity contribution >= 4 is 29.1 Å². The van der Waals surface area contributed by atoms with Gasteiger partial charge in [-0.1, -0.05) is 23.7 Å². The van der Waals surface area contributed by atoms with Crippen LogP contribution < -0.4 is 5.32 Å². The molecule has 0 spiro atoms. The fourth-order valence-electron chi connectivity index (χ4n) is 2.97. The summed E-state index contributed by atoms with van der Waals surface area (Å²) >= 11 is 5.95. The van der Waals surface area contributed by atoms with Crippen molar-refractivity contribution in [2.45, 2.75) is 25.7 Å². The minimum atomic E-state index is -0.0569. The third-order valence-electron chi connectivity index (χ3n) is 4.34. The molecule has 0 radical (unpaired) electrons. The number of benzene rings is 2. The predicted octanol–water partition coefficient (Wildman–Crippen LogP) is 4.15. The van der Waals surface area contributed by atoms with Crippen LogP contribution in [-0.4, -0.2) is 29.8 Å². The van der Waals surface area contributed by atoms with E-state index in [1.165, 1.54) is 0 Å². The first-order valence-corrected chi connectivity index (χ1v) is 8.93. The Morgan fingerprint density at radius 1 is 1.04 bits per heavy atom. The number of hydrogen-bond donors (Lipinski definition) is 1. The molecule has 1 saturated heterocycles. The molecule has 4 nitrogen and oxygen atoms in total. The van der Waals surface area contributed by atoms with E-state index >= 15 is 0 Å². The summed E-state index contributed by atoms with van der Waals surface area (Å²) in [4.78, 5) is 26.2. The van der Waals surface area contributed by atoms with Crippen LogP contribution in [-0.2, 0) is 11.2 Å². The standard InChI is InChI=1S/C20H21ClN2O2/c21-17-5-3-4-15(14-17)6-11-19(24)22-18-9-7-16(8-10-18)20(25)23-12-1-2-13-23/h3-5,7-10,14H,1-2,6,11-13H2,(H,22,24). The minimum Gasteiger partial charge on any atom is -0.339 e. The Kier molecular flexibility index (Phi) is 5.71. The molecule has 1 aliphatic rings. The highest BCUT2D eigenvalue weighted by molar-refractivity contribution is 6.30. The zero-order chi connectivity index (χ0) is 17.6. The lowest BCUT2D eigenvalue weighted by atomic mass is 10.1. The minimum absolute atomic E-state index is 0.0569. The maximum absolute atomic E-state index is 12.3. The Balaban J connectivity index is 1.52. The fourth-order valence-corrected chi connectivity index (χ4v) is 3.19. The van der Waals surface area contributed by atoms with Crippen LogP contribution in [0.2, 0.25) is 5.02 Å². The highest BCUT2D eigenvalue weighted by Crippen LogP contribution is 2.16. The highest BCUT2D eigenvalue weighted by Gasteiger charge is 2.19. The number of nitrogens with zero attached hydrogens (tertiary/aromatic N) is 1. The van der Waals surface area contributed by atoms with Crippen LogP contribution in [0.1, 0.15) is 35.2 Å². The van der Waals surface area contributed by atoms with Crippen molar-refractivity contribution in [3.05, 3.63) is 64.7 Å². The lowest BCUT2D eigenvalue weighted by molar-refractivity contribution is -0.116. The van der Waals surface area contributed by atoms with Gasteiger partial charge in [-0.2, -0.15) is 0 Å². The van der Waals surface area contributed by atoms with Gasteiger partial charge in [-0.25, -0.2) is 0 Å². The third-order valence-corrected chi connectivity index (χ3v) is 4.57. The second kappa shape index (κ2) is 8.17. The average Bonchev–Trinajstić information content (AvgIpc) is 3.15. The van der Waals surface area contributed by atoms with E-state index in [0.29, 0.717) is 29.1 Å². The number of aryl methyl sites for hydroxylation is 1. The second-order valence-electron chi connectivity index (χ2n) is 6.25. The number of halogens is 1. The topological polar surface area (TPSA) is 49.4 Å². The Labute approximate surface area is 152 Å². The first kappa shape index (κ1) is 17.5. The summed E-state index contributed by atoms with van der Waals surface area (Å²) in [5, 5.41) is 3.54. The fraction of sp³-hybridized carbons (Fsp3) is 0.300. The molecule has 5 heteroatoms.